The van der Waals surface area contributed by atoms with E-state index in [0.29, 0.717) is 0 Å². The van der Waals surface area contributed by atoms with Crippen LogP contribution in [0.1, 0.15) is 37.8 Å². The molecule has 1 fully saturated rings. The number of hydrogen-bond donors (Lipinski definition) is 4. The van der Waals surface area contributed by atoms with Crippen LogP contribution in [0.4, 0.5) is 13.2 Å². The molecule has 5 atom stereocenters. The van der Waals surface area contributed by atoms with Gasteiger partial charge in [-0.2, -0.15) is 13.2 Å². The molecule has 12 heteroatoms. The highest BCUT2D eigenvalue weighted by atomic mass is 19.4. The van der Waals surface area contributed by atoms with Crippen molar-refractivity contribution in [2.75, 3.05) is 19.8 Å². The van der Waals surface area contributed by atoms with Crippen LogP contribution >= 0.6 is 0 Å². The van der Waals surface area contributed by atoms with Gasteiger partial charge in [-0.25, -0.2) is 9.59 Å². The standard InChI is InChI=1S/C24H28F3NO8/c1-4-34-22(32)15-11(3)28-18(21-20(31)19(30)14(10-29)36-21)17(23(33)35-5-2)16(15)12-8-6-7-9-13(12)24(25,26)27/h6-9,14,16,19-21,28-31H,4-5,10H2,1-3H3/t14-,16+,19-,20-,21+/m1/s1. The third-order valence-corrected chi connectivity index (χ3v) is 5.99. The van der Waals surface area contributed by atoms with Crippen molar-refractivity contribution in [3.05, 3.63) is 57.9 Å². The van der Waals surface area contributed by atoms with Gasteiger partial charge in [0, 0.05) is 5.70 Å². The van der Waals surface area contributed by atoms with Crippen LogP contribution in [0.5, 0.6) is 0 Å². The number of alkyl halides is 3. The topological polar surface area (TPSA) is 135 Å². The summed E-state index contributed by atoms with van der Waals surface area (Å²) in [6, 6.07) is 4.47. The molecule has 1 aromatic carbocycles. The number of aliphatic hydroxyl groups excluding tert-OH is 3. The Hall–Kier alpha value is -2.93. The Morgan fingerprint density at radius 3 is 2.14 bits per heavy atom. The molecule has 3 rings (SSSR count). The smallest absolute Gasteiger partial charge is 0.416 e. The number of aliphatic hydroxyl groups is 3. The summed E-state index contributed by atoms with van der Waals surface area (Å²) in [5, 5.41) is 33.2. The minimum absolute atomic E-state index is 0.0521. The van der Waals surface area contributed by atoms with E-state index in [4.69, 9.17) is 14.2 Å². The number of allylic oxidation sites excluding steroid dienone is 1. The molecule has 0 aromatic heterocycles. The van der Waals surface area contributed by atoms with Gasteiger partial charge in [-0.15, -0.1) is 0 Å². The Balaban J connectivity index is 2.34. The van der Waals surface area contributed by atoms with Crippen molar-refractivity contribution >= 4 is 11.9 Å². The number of rotatable bonds is 7. The zero-order valence-corrected chi connectivity index (χ0v) is 19.8. The Kier molecular flexibility index (Phi) is 8.44. The van der Waals surface area contributed by atoms with Crippen LogP contribution in [0.3, 0.4) is 0 Å². The summed E-state index contributed by atoms with van der Waals surface area (Å²) in [5.74, 6) is -3.63. The lowest BCUT2D eigenvalue weighted by atomic mass is 9.77. The van der Waals surface area contributed by atoms with Crippen molar-refractivity contribution in [2.45, 2.75) is 57.3 Å². The number of carbonyl (C=O) groups excluding carboxylic acids is 2. The van der Waals surface area contributed by atoms with Crippen molar-refractivity contribution in [2.24, 2.45) is 0 Å². The van der Waals surface area contributed by atoms with Crippen LogP contribution in [0, 0.1) is 0 Å². The lowest BCUT2D eigenvalue weighted by Crippen LogP contribution is -2.42. The van der Waals surface area contributed by atoms with E-state index in [1.807, 2.05) is 0 Å². The van der Waals surface area contributed by atoms with Crippen LogP contribution in [-0.2, 0) is 30.0 Å². The first kappa shape index (κ1) is 27.7. The van der Waals surface area contributed by atoms with E-state index in [-0.39, 0.29) is 30.2 Å². The molecule has 2 aliphatic heterocycles. The molecule has 0 amide bonds. The van der Waals surface area contributed by atoms with Crippen LogP contribution < -0.4 is 5.32 Å². The number of esters is 2. The third kappa shape index (κ3) is 5.12. The molecular formula is C24H28F3NO8. The predicted molar refractivity (Wildman–Crippen MR) is 118 cm³/mol. The average molecular weight is 515 g/mol. The molecule has 36 heavy (non-hydrogen) atoms. The summed E-state index contributed by atoms with van der Waals surface area (Å²) in [4.78, 5) is 26.2. The van der Waals surface area contributed by atoms with Crippen molar-refractivity contribution in [1.82, 2.24) is 5.32 Å². The molecule has 4 N–H and O–H groups in total. The SMILES string of the molecule is CCOC(=O)C1=C(C)NC([C@@H]2O[C@H](CO)[C@@H](O)[C@H]2O)=C(C(=O)OCC)[C@H]1c1ccccc1C(F)(F)F. The van der Waals surface area contributed by atoms with Gasteiger partial charge in [-0.3, -0.25) is 0 Å². The molecule has 2 aliphatic rings. The summed E-state index contributed by atoms with van der Waals surface area (Å²) >= 11 is 0. The van der Waals surface area contributed by atoms with E-state index in [1.165, 1.54) is 32.9 Å². The molecule has 0 unspecified atom stereocenters. The largest absolute Gasteiger partial charge is 0.463 e. The van der Waals surface area contributed by atoms with Gasteiger partial charge >= 0.3 is 18.1 Å². The van der Waals surface area contributed by atoms with E-state index in [2.05, 4.69) is 5.32 Å². The Morgan fingerprint density at radius 1 is 1.03 bits per heavy atom. The second kappa shape index (κ2) is 11.0. The molecule has 0 radical (unpaired) electrons. The van der Waals surface area contributed by atoms with Crippen LogP contribution in [0.25, 0.3) is 0 Å². The fraction of sp³-hybridized carbons (Fsp3) is 0.500. The lowest BCUT2D eigenvalue weighted by Gasteiger charge is -2.35. The molecule has 0 aliphatic carbocycles. The number of carbonyl (C=O) groups is 2. The molecular weight excluding hydrogens is 487 g/mol. The van der Waals surface area contributed by atoms with Crippen LogP contribution in [0.2, 0.25) is 0 Å². The normalized spacial score (nSPS) is 26.6. The van der Waals surface area contributed by atoms with Crippen molar-refractivity contribution < 1.29 is 52.3 Å². The van der Waals surface area contributed by atoms with Crippen molar-refractivity contribution in [3.8, 4) is 0 Å². The first-order valence-corrected chi connectivity index (χ1v) is 11.3. The molecule has 0 saturated carbocycles. The number of halogens is 3. The zero-order valence-electron chi connectivity index (χ0n) is 19.8. The minimum Gasteiger partial charge on any atom is -0.463 e. The Morgan fingerprint density at radius 2 is 1.61 bits per heavy atom. The third-order valence-electron chi connectivity index (χ3n) is 5.99. The highest BCUT2D eigenvalue weighted by Crippen LogP contribution is 2.46. The van der Waals surface area contributed by atoms with Gasteiger partial charge in [0.2, 0.25) is 0 Å². The number of hydrogen-bond acceptors (Lipinski definition) is 9. The predicted octanol–water partition coefficient (Wildman–Crippen LogP) is 1.53. The summed E-state index contributed by atoms with van der Waals surface area (Å²) in [7, 11) is 0. The molecule has 198 valence electrons. The van der Waals surface area contributed by atoms with E-state index in [9.17, 15) is 38.1 Å². The van der Waals surface area contributed by atoms with E-state index in [0.717, 1.165) is 12.1 Å². The maximum Gasteiger partial charge on any atom is 0.416 e. The first-order chi connectivity index (χ1) is 17.0. The fourth-order valence-electron chi connectivity index (χ4n) is 4.45. The molecule has 1 aromatic rings. The molecule has 9 nitrogen and oxygen atoms in total. The maximum absolute atomic E-state index is 14.1. The van der Waals surface area contributed by atoms with Crippen LogP contribution in [0.15, 0.2) is 46.8 Å². The number of dihydropyridines is 1. The lowest BCUT2D eigenvalue weighted by molar-refractivity contribution is -0.142. The molecule has 0 bridgehead atoms. The Labute approximate surface area is 205 Å². The van der Waals surface area contributed by atoms with Gasteiger partial charge in [0.1, 0.15) is 24.4 Å². The summed E-state index contributed by atoms with van der Waals surface area (Å²) in [6.07, 6.45) is -10.7. The maximum atomic E-state index is 14.1. The molecule has 2 heterocycles. The van der Waals surface area contributed by atoms with Gasteiger partial charge in [-0.05, 0) is 32.4 Å². The first-order valence-electron chi connectivity index (χ1n) is 11.3. The van der Waals surface area contributed by atoms with Gasteiger partial charge in [0.15, 0.2) is 0 Å². The highest BCUT2D eigenvalue weighted by Gasteiger charge is 2.50. The summed E-state index contributed by atoms with van der Waals surface area (Å²) in [5.41, 5.74) is -2.32. The van der Waals surface area contributed by atoms with E-state index in [1.54, 1.807) is 0 Å². The van der Waals surface area contributed by atoms with E-state index >= 15 is 0 Å². The molecule has 1 saturated heterocycles. The second-order valence-electron chi connectivity index (χ2n) is 8.21. The summed E-state index contributed by atoms with van der Waals surface area (Å²) < 4.78 is 58.0. The van der Waals surface area contributed by atoms with E-state index < -0.39 is 71.8 Å². The Bertz CT molecular complexity index is 1070. The van der Waals surface area contributed by atoms with Gasteiger partial charge < -0.3 is 34.8 Å². The minimum atomic E-state index is -4.84. The average Bonchev–Trinajstić information content (AvgIpc) is 3.11. The molecule has 0 spiro atoms. The van der Waals surface area contributed by atoms with Crippen molar-refractivity contribution in [3.63, 3.8) is 0 Å². The number of ether oxygens (including phenoxy) is 3. The zero-order chi connectivity index (χ0) is 26.8. The van der Waals surface area contributed by atoms with Crippen molar-refractivity contribution in [1.29, 1.82) is 0 Å². The monoisotopic (exact) mass is 515 g/mol. The quantitative estimate of drug-likeness (QED) is 0.399. The van der Waals surface area contributed by atoms with Gasteiger partial charge in [0.05, 0.1) is 48.1 Å². The van der Waals surface area contributed by atoms with Gasteiger partial charge in [0.25, 0.3) is 0 Å². The van der Waals surface area contributed by atoms with Crippen LogP contribution in [-0.4, -0.2) is 71.5 Å². The summed E-state index contributed by atoms with van der Waals surface area (Å²) in [6.45, 7) is 3.53. The fourth-order valence-corrected chi connectivity index (χ4v) is 4.45. The number of nitrogens with one attached hydrogen (secondary N) is 1. The highest BCUT2D eigenvalue weighted by molar-refractivity contribution is 6.00. The number of benzene rings is 1. The second-order valence-corrected chi connectivity index (χ2v) is 8.21. The van der Waals surface area contributed by atoms with Gasteiger partial charge in [-0.1, -0.05) is 18.2 Å².